The molecule has 4 nitrogen and oxygen atoms in total. The van der Waals surface area contributed by atoms with Crippen molar-refractivity contribution in [3.63, 3.8) is 0 Å². The largest absolute Gasteiger partial charge is 0.329 e. The van der Waals surface area contributed by atoms with Crippen LogP contribution in [0.5, 0.6) is 0 Å². The monoisotopic (exact) mass is 241 g/mol. The van der Waals surface area contributed by atoms with Gasteiger partial charge in [0.25, 0.3) is 0 Å². The predicted molar refractivity (Wildman–Crippen MR) is 72.9 cm³/mol. The molecule has 0 atom stereocenters. The Kier molecular flexibility index (Phi) is 2.11. The van der Waals surface area contributed by atoms with Gasteiger partial charge in [-0.05, 0) is 37.1 Å². The second-order valence-electron chi connectivity index (χ2n) is 4.81. The Labute approximate surface area is 104 Å². The van der Waals surface area contributed by atoms with Crippen molar-refractivity contribution in [2.75, 3.05) is 0 Å². The molecule has 0 aliphatic rings. The molecule has 0 aliphatic carbocycles. The zero-order valence-corrected chi connectivity index (χ0v) is 11.0. The van der Waals surface area contributed by atoms with Gasteiger partial charge < -0.3 is 0 Å². The number of pyridine rings is 1. The zero-order valence-electron chi connectivity index (χ0n) is 11.0. The summed E-state index contributed by atoms with van der Waals surface area (Å²) in [6.45, 7) is 4.18. The van der Waals surface area contributed by atoms with E-state index in [0.29, 0.717) is 0 Å². The van der Waals surface area contributed by atoms with Crippen LogP contribution < -0.4 is 5.69 Å². The maximum Gasteiger partial charge on any atom is 0.329 e. The van der Waals surface area contributed by atoms with Crippen molar-refractivity contribution in [2.45, 2.75) is 13.8 Å². The zero-order chi connectivity index (χ0) is 13.0. The van der Waals surface area contributed by atoms with Crippen LogP contribution in [0.2, 0.25) is 0 Å². The van der Waals surface area contributed by atoms with Crippen molar-refractivity contribution < 1.29 is 0 Å². The van der Waals surface area contributed by atoms with Gasteiger partial charge >= 0.3 is 5.69 Å². The lowest BCUT2D eigenvalue weighted by molar-refractivity contribution is 0.792. The van der Waals surface area contributed by atoms with Crippen LogP contribution in [0.4, 0.5) is 0 Å². The van der Waals surface area contributed by atoms with E-state index in [0.717, 1.165) is 22.1 Å². The molecule has 0 aliphatic heterocycles. The molecule has 4 heteroatoms. The van der Waals surface area contributed by atoms with Crippen LogP contribution in [0.3, 0.4) is 0 Å². The predicted octanol–water partition coefficient (Wildman–Crippen LogP) is 2.04. The molecule has 92 valence electrons. The third-order valence-electron chi connectivity index (χ3n) is 3.75. The standard InChI is InChI=1S/C14H15N3O/c1-8-5-6-11-10(9(8)2)7-12-13(15-11)17(4)14(18)16(12)3/h5-7H,1-4H3. The molecule has 1 aromatic carbocycles. The average molecular weight is 241 g/mol. The maximum absolute atomic E-state index is 11.9. The Morgan fingerprint density at radius 2 is 1.83 bits per heavy atom. The highest BCUT2D eigenvalue weighted by atomic mass is 16.1. The molecule has 2 aromatic heterocycles. The van der Waals surface area contributed by atoms with E-state index in [1.165, 1.54) is 11.1 Å². The van der Waals surface area contributed by atoms with E-state index >= 15 is 0 Å². The molecular weight excluding hydrogens is 226 g/mol. The number of hydrogen-bond donors (Lipinski definition) is 0. The van der Waals surface area contributed by atoms with Gasteiger partial charge in [0, 0.05) is 19.5 Å². The van der Waals surface area contributed by atoms with Crippen molar-refractivity contribution in [1.29, 1.82) is 0 Å². The minimum atomic E-state index is -0.0396. The summed E-state index contributed by atoms with van der Waals surface area (Å²) in [7, 11) is 3.54. The molecule has 0 bridgehead atoms. The first-order chi connectivity index (χ1) is 8.50. The average Bonchev–Trinajstić information content (AvgIpc) is 2.58. The van der Waals surface area contributed by atoms with Crippen molar-refractivity contribution >= 4 is 22.1 Å². The number of aryl methyl sites for hydroxylation is 4. The lowest BCUT2D eigenvalue weighted by Gasteiger charge is -2.05. The highest BCUT2D eigenvalue weighted by Gasteiger charge is 2.11. The topological polar surface area (TPSA) is 39.8 Å². The number of imidazole rings is 1. The van der Waals surface area contributed by atoms with Crippen molar-refractivity contribution in [1.82, 2.24) is 14.1 Å². The summed E-state index contributed by atoms with van der Waals surface area (Å²) in [5.74, 6) is 0. The van der Waals surface area contributed by atoms with E-state index in [1.807, 2.05) is 6.07 Å². The van der Waals surface area contributed by atoms with E-state index < -0.39 is 0 Å². The number of benzene rings is 1. The van der Waals surface area contributed by atoms with E-state index in [2.05, 4.69) is 31.0 Å². The molecule has 3 aromatic rings. The minimum absolute atomic E-state index is 0.0396. The summed E-state index contributed by atoms with van der Waals surface area (Å²) in [6, 6.07) is 6.13. The van der Waals surface area contributed by atoms with Crippen molar-refractivity contribution in [2.24, 2.45) is 14.1 Å². The van der Waals surface area contributed by atoms with Gasteiger partial charge in [0.2, 0.25) is 0 Å². The smallest absolute Gasteiger partial charge is 0.293 e. The minimum Gasteiger partial charge on any atom is -0.293 e. The first-order valence-corrected chi connectivity index (χ1v) is 5.93. The SMILES string of the molecule is Cc1ccc2nc3c(cc2c1C)n(C)c(=O)n3C. The van der Waals surface area contributed by atoms with Crippen molar-refractivity contribution in [3.8, 4) is 0 Å². The van der Waals surface area contributed by atoms with Gasteiger partial charge in [-0.2, -0.15) is 0 Å². The molecule has 2 heterocycles. The molecule has 0 fully saturated rings. The van der Waals surface area contributed by atoms with Crippen LogP contribution in [0.1, 0.15) is 11.1 Å². The maximum atomic E-state index is 11.9. The van der Waals surface area contributed by atoms with Crippen LogP contribution in [0.15, 0.2) is 23.0 Å². The van der Waals surface area contributed by atoms with Crippen LogP contribution in [-0.4, -0.2) is 14.1 Å². The molecule has 0 N–H and O–H groups in total. The summed E-state index contributed by atoms with van der Waals surface area (Å²) in [6.07, 6.45) is 0. The van der Waals surface area contributed by atoms with E-state index in [4.69, 9.17) is 0 Å². The first kappa shape index (κ1) is 11.0. The summed E-state index contributed by atoms with van der Waals surface area (Å²) < 4.78 is 3.23. The van der Waals surface area contributed by atoms with Gasteiger partial charge in [-0.15, -0.1) is 0 Å². The van der Waals surface area contributed by atoms with Gasteiger partial charge in [-0.3, -0.25) is 9.13 Å². The quantitative estimate of drug-likeness (QED) is 0.604. The fraction of sp³-hybridized carbons (Fsp3) is 0.286. The Morgan fingerprint density at radius 3 is 2.56 bits per heavy atom. The van der Waals surface area contributed by atoms with Crippen LogP contribution in [0, 0.1) is 13.8 Å². The van der Waals surface area contributed by atoms with Gasteiger partial charge in [0.15, 0.2) is 5.65 Å². The van der Waals surface area contributed by atoms with Gasteiger partial charge in [-0.25, -0.2) is 9.78 Å². The molecule has 3 rings (SSSR count). The third kappa shape index (κ3) is 1.26. The third-order valence-corrected chi connectivity index (χ3v) is 3.75. The van der Waals surface area contributed by atoms with Crippen molar-refractivity contribution in [3.05, 3.63) is 39.8 Å². The van der Waals surface area contributed by atoms with Crippen LogP contribution >= 0.6 is 0 Å². The molecule has 0 saturated heterocycles. The Hall–Kier alpha value is -2.10. The number of fused-ring (bicyclic) bond motifs is 2. The number of aromatic nitrogens is 3. The molecule has 0 spiro atoms. The Bertz CT molecular complexity index is 840. The fourth-order valence-corrected chi connectivity index (χ4v) is 2.39. The first-order valence-electron chi connectivity index (χ1n) is 5.93. The van der Waals surface area contributed by atoms with E-state index in [9.17, 15) is 4.79 Å². The number of rotatable bonds is 0. The second-order valence-corrected chi connectivity index (χ2v) is 4.81. The highest BCUT2D eigenvalue weighted by molar-refractivity contribution is 5.92. The van der Waals surface area contributed by atoms with E-state index in [-0.39, 0.29) is 5.69 Å². The molecule has 0 amide bonds. The lowest BCUT2D eigenvalue weighted by Crippen LogP contribution is -2.19. The second kappa shape index (κ2) is 3.45. The Balaban J connectivity index is 2.60. The van der Waals surface area contributed by atoms with Gasteiger partial charge in [0.05, 0.1) is 11.0 Å². The number of nitrogens with zero attached hydrogens (tertiary/aromatic N) is 3. The normalized spacial score (nSPS) is 11.6. The molecule has 18 heavy (non-hydrogen) atoms. The fourth-order valence-electron chi connectivity index (χ4n) is 2.39. The van der Waals surface area contributed by atoms with Gasteiger partial charge in [-0.1, -0.05) is 6.07 Å². The van der Waals surface area contributed by atoms with E-state index in [1.54, 1.807) is 23.2 Å². The van der Waals surface area contributed by atoms with Crippen LogP contribution in [-0.2, 0) is 14.1 Å². The summed E-state index contributed by atoms with van der Waals surface area (Å²) >= 11 is 0. The molecule has 0 unspecified atom stereocenters. The Morgan fingerprint density at radius 1 is 1.11 bits per heavy atom. The summed E-state index contributed by atoms with van der Waals surface area (Å²) in [5.41, 5.74) is 4.97. The molecule has 0 radical (unpaired) electrons. The molecule has 0 saturated carbocycles. The lowest BCUT2D eigenvalue weighted by atomic mass is 10.0. The number of hydrogen-bond acceptors (Lipinski definition) is 2. The van der Waals surface area contributed by atoms with Gasteiger partial charge in [0.1, 0.15) is 0 Å². The highest BCUT2D eigenvalue weighted by Crippen LogP contribution is 2.23. The molecular formula is C14H15N3O. The summed E-state index contributed by atoms with van der Waals surface area (Å²) in [5, 5.41) is 1.11. The summed E-state index contributed by atoms with van der Waals surface area (Å²) in [4.78, 5) is 16.5. The van der Waals surface area contributed by atoms with Crippen LogP contribution in [0.25, 0.3) is 22.1 Å².